The maximum atomic E-state index is 6.22. The normalized spacial score (nSPS) is 11.9. The van der Waals surface area contributed by atoms with Gasteiger partial charge in [0.05, 0.1) is 0 Å². The van der Waals surface area contributed by atoms with Gasteiger partial charge in [-0.2, -0.15) is 0 Å². The van der Waals surface area contributed by atoms with Gasteiger partial charge in [-0.05, 0) is 52.6 Å². The molecule has 0 saturated heterocycles. The summed E-state index contributed by atoms with van der Waals surface area (Å²) in [4.78, 5) is 0. The van der Waals surface area contributed by atoms with Crippen molar-refractivity contribution in [3.63, 3.8) is 0 Å². The molecule has 0 radical (unpaired) electrons. The molecule has 3 heteroatoms. The third kappa shape index (κ3) is 1.90. The first kappa shape index (κ1) is 13.6. The Bertz CT molecular complexity index is 1230. The molecule has 5 rings (SSSR count). The molecule has 5 aromatic rings. The number of hydrogen-bond donors (Lipinski definition) is 0. The Morgan fingerprint density at radius 1 is 0.609 bits per heavy atom. The molecule has 0 bridgehead atoms. The summed E-state index contributed by atoms with van der Waals surface area (Å²) in [6.07, 6.45) is 0. The Morgan fingerprint density at radius 3 is 2.13 bits per heavy atom. The monoisotopic (exact) mass is 424 g/mol. The van der Waals surface area contributed by atoms with Gasteiger partial charge < -0.3 is 4.42 Å². The third-order valence-corrected chi connectivity index (χ3v) is 5.35. The topological polar surface area (TPSA) is 13.1 Å². The molecule has 0 fully saturated rings. The Morgan fingerprint density at radius 2 is 1.30 bits per heavy atom. The first-order valence-corrected chi connectivity index (χ1v) is 8.93. The molecule has 0 aliphatic heterocycles. The minimum Gasteiger partial charge on any atom is -0.455 e. The van der Waals surface area contributed by atoms with E-state index in [9.17, 15) is 0 Å². The average molecular weight is 426 g/mol. The maximum absolute atomic E-state index is 6.22. The van der Waals surface area contributed by atoms with E-state index in [1.54, 1.807) is 0 Å². The summed E-state index contributed by atoms with van der Waals surface area (Å²) in [5, 5.41) is 7.15. The van der Waals surface area contributed by atoms with Crippen LogP contribution in [-0.4, -0.2) is 0 Å². The van der Waals surface area contributed by atoms with Crippen molar-refractivity contribution >= 4 is 75.3 Å². The van der Waals surface area contributed by atoms with Crippen molar-refractivity contribution in [1.29, 1.82) is 0 Å². The Kier molecular flexibility index (Phi) is 2.85. The second-order valence-electron chi connectivity index (χ2n) is 5.68. The standard InChI is InChI=1S/C20H10Br2O/c21-11-6-8-14-16(9-11)13-7-5-12(22)10-17(13)19-15-3-1-2-4-18(15)23-20(14)19/h1-10H. The van der Waals surface area contributed by atoms with Crippen molar-refractivity contribution in [2.24, 2.45) is 0 Å². The molecule has 0 amide bonds. The Labute approximate surface area is 149 Å². The van der Waals surface area contributed by atoms with Crippen molar-refractivity contribution in [2.75, 3.05) is 0 Å². The highest BCUT2D eigenvalue weighted by Crippen LogP contribution is 2.42. The molecule has 1 heterocycles. The summed E-state index contributed by atoms with van der Waals surface area (Å²) in [5.74, 6) is 0. The summed E-state index contributed by atoms with van der Waals surface area (Å²) >= 11 is 7.20. The molecule has 0 N–H and O–H groups in total. The smallest absolute Gasteiger partial charge is 0.143 e. The van der Waals surface area contributed by atoms with E-state index in [1.807, 2.05) is 12.1 Å². The molecule has 0 spiro atoms. The predicted molar refractivity (Wildman–Crippen MR) is 104 cm³/mol. The molecule has 0 atom stereocenters. The van der Waals surface area contributed by atoms with Crippen LogP contribution < -0.4 is 0 Å². The van der Waals surface area contributed by atoms with Crippen LogP contribution in [0.25, 0.3) is 43.5 Å². The summed E-state index contributed by atoms with van der Waals surface area (Å²) in [6.45, 7) is 0. The Balaban J connectivity index is 2.21. The quantitative estimate of drug-likeness (QED) is 0.235. The Hall–Kier alpha value is -1.84. The average Bonchev–Trinajstić information content (AvgIpc) is 2.94. The SMILES string of the molecule is Brc1ccc2c(c1)c1ccc(Br)cc1c1c3ccccc3oc21. The third-order valence-electron chi connectivity index (χ3n) is 4.36. The molecule has 0 aliphatic carbocycles. The lowest BCUT2D eigenvalue weighted by molar-refractivity contribution is 0.673. The van der Waals surface area contributed by atoms with Crippen LogP contribution in [0.3, 0.4) is 0 Å². The van der Waals surface area contributed by atoms with E-state index in [1.165, 1.54) is 21.5 Å². The highest BCUT2D eigenvalue weighted by molar-refractivity contribution is 9.10. The fourth-order valence-corrected chi connectivity index (χ4v) is 4.12. The van der Waals surface area contributed by atoms with Crippen molar-refractivity contribution in [2.45, 2.75) is 0 Å². The lowest BCUT2D eigenvalue weighted by atomic mass is 9.97. The summed E-state index contributed by atoms with van der Waals surface area (Å²) in [6, 6.07) is 21.1. The lowest BCUT2D eigenvalue weighted by Gasteiger charge is -2.07. The number of halogens is 2. The second kappa shape index (κ2) is 4.83. The summed E-state index contributed by atoms with van der Waals surface area (Å²) in [5.41, 5.74) is 1.89. The van der Waals surface area contributed by atoms with Gasteiger partial charge in [0.25, 0.3) is 0 Å². The van der Waals surface area contributed by atoms with Gasteiger partial charge in [-0.15, -0.1) is 0 Å². The zero-order valence-corrected chi connectivity index (χ0v) is 15.1. The molecule has 0 aliphatic rings. The minimum atomic E-state index is 0.930. The first-order chi connectivity index (χ1) is 11.2. The second-order valence-corrected chi connectivity index (χ2v) is 7.51. The van der Waals surface area contributed by atoms with Gasteiger partial charge in [0.15, 0.2) is 0 Å². The number of rotatable bonds is 0. The minimum absolute atomic E-state index is 0.930. The molecule has 23 heavy (non-hydrogen) atoms. The molecule has 1 nitrogen and oxygen atoms in total. The molecule has 1 aromatic heterocycles. The van der Waals surface area contributed by atoms with E-state index in [4.69, 9.17) is 4.42 Å². The van der Waals surface area contributed by atoms with Gasteiger partial charge in [0, 0.05) is 25.1 Å². The van der Waals surface area contributed by atoms with Gasteiger partial charge in [0.2, 0.25) is 0 Å². The first-order valence-electron chi connectivity index (χ1n) is 7.34. The van der Waals surface area contributed by atoms with E-state index in [0.29, 0.717) is 0 Å². The molecule has 0 unspecified atom stereocenters. The van der Waals surface area contributed by atoms with Crippen LogP contribution >= 0.6 is 31.9 Å². The van der Waals surface area contributed by atoms with Crippen LogP contribution in [0.2, 0.25) is 0 Å². The van der Waals surface area contributed by atoms with Crippen molar-refractivity contribution < 1.29 is 4.42 Å². The fourth-order valence-electron chi connectivity index (χ4n) is 3.40. The number of hydrogen-bond acceptors (Lipinski definition) is 1. The number of para-hydroxylation sites is 1. The highest BCUT2D eigenvalue weighted by Gasteiger charge is 2.15. The number of furan rings is 1. The van der Waals surface area contributed by atoms with Gasteiger partial charge in [0.1, 0.15) is 11.2 Å². The molecule has 4 aromatic carbocycles. The molecule has 0 saturated carbocycles. The van der Waals surface area contributed by atoms with Crippen LogP contribution in [0, 0.1) is 0 Å². The zero-order valence-electron chi connectivity index (χ0n) is 11.9. The van der Waals surface area contributed by atoms with E-state index >= 15 is 0 Å². The summed E-state index contributed by atoms with van der Waals surface area (Å²) < 4.78 is 8.37. The van der Waals surface area contributed by atoms with Crippen LogP contribution in [0.1, 0.15) is 0 Å². The maximum Gasteiger partial charge on any atom is 0.143 e. The van der Waals surface area contributed by atoms with Crippen LogP contribution in [0.4, 0.5) is 0 Å². The van der Waals surface area contributed by atoms with Crippen molar-refractivity contribution in [3.8, 4) is 0 Å². The van der Waals surface area contributed by atoms with Gasteiger partial charge >= 0.3 is 0 Å². The summed E-state index contributed by atoms with van der Waals surface area (Å²) in [7, 11) is 0. The van der Waals surface area contributed by atoms with E-state index in [0.717, 1.165) is 30.9 Å². The number of benzene rings is 4. The molecular weight excluding hydrogens is 416 g/mol. The largest absolute Gasteiger partial charge is 0.455 e. The van der Waals surface area contributed by atoms with Crippen molar-refractivity contribution in [3.05, 3.63) is 69.6 Å². The van der Waals surface area contributed by atoms with E-state index in [2.05, 4.69) is 80.4 Å². The van der Waals surface area contributed by atoms with Crippen molar-refractivity contribution in [1.82, 2.24) is 0 Å². The van der Waals surface area contributed by atoms with Gasteiger partial charge in [-0.25, -0.2) is 0 Å². The molecule has 110 valence electrons. The number of fused-ring (bicyclic) bond motifs is 8. The van der Waals surface area contributed by atoms with Gasteiger partial charge in [-0.3, -0.25) is 0 Å². The van der Waals surface area contributed by atoms with Crippen LogP contribution in [0.5, 0.6) is 0 Å². The lowest BCUT2D eigenvalue weighted by Crippen LogP contribution is -1.81. The zero-order chi connectivity index (χ0) is 15.6. The molecular formula is C20H10Br2O. The van der Waals surface area contributed by atoms with E-state index in [-0.39, 0.29) is 0 Å². The van der Waals surface area contributed by atoms with E-state index < -0.39 is 0 Å². The fraction of sp³-hybridized carbons (Fsp3) is 0. The highest BCUT2D eigenvalue weighted by atomic mass is 79.9. The van der Waals surface area contributed by atoms with Crippen LogP contribution in [0.15, 0.2) is 74.0 Å². The van der Waals surface area contributed by atoms with Crippen LogP contribution in [-0.2, 0) is 0 Å². The van der Waals surface area contributed by atoms with Gasteiger partial charge in [-0.1, -0.05) is 56.1 Å². The predicted octanol–water partition coefficient (Wildman–Crippen LogP) is 7.42.